The van der Waals surface area contributed by atoms with E-state index in [1.165, 1.54) is 6.07 Å². The van der Waals surface area contributed by atoms with Gasteiger partial charge in [0.25, 0.3) is 0 Å². The van der Waals surface area contributed by atoms with E-state index < -0.39 is 0 Å². The number of isothiocyanates is 1. The molecule has 2 aromatic carbocycles. The van der Waals surface area contributed by atoms with E-state index in [-0.39, 0.29) is 23.4 Å². The molecule has 0 spiro atoms. The van der Waals surface area contributed by atoms with Crippen molar-refractivity contribution in [1.29, 1.82) is 0 Å². The largest absolute Gasteiger partial charge is 0.454 e. The summed E-state index contributed by atoms with van der Waals surface area (Å²) in [6.07, 6.45) is 0. The predicted octanol–water partition coefficient (Wildman–Crippen LogP) is 6.60. The quantitative estimate of drug-likeness (QED) is 0.455. The number of ether oxygens (including phenoxy) is 1. The van der Waals surface area contributed by atoms with Crippen LogP contribution in [0.3, 0.4) is 0 Å². The molecule has 0 aliphatic rings. The Morgan fingerprint density at radius 1 is 1.04 bits per heavy atom. The summed E-state index contributed by atoms with van der Waals surface area (Å²) >= 11 is 4.78. The van der Waals surface area contributed by atoms with Gasteiger partial charge >= 0.3 is 0 Å². The molecule has 0 atom stereocenters. The Morgan fingerprint density at radius 2 is 1.61 bits per heavy atom. The minimum atomic E-state index is -0.384. The number of hydrogen-bond acceptors (Lipinski definition) is 3. The second-order valence-electron chi connectivity index (χ2n) is 6.00. The Hall–Kier alpha value is -2.03. The second-order valence-corrected chi connectivity index (χ2v) is 6.18. The highest BCUT2D eigenvalue weighted by atomic mass is 32.1. The molecule has 0 saturated heterocycles. The fourth-order valence-electron chi connectivity index (χ4n) is 2.42. The fourth-order valence-corrected chi connectivity index (χ4v) is 2.51. The summed E-state index contributed by atoms with van der Waals surface area (Å²) in [5, 5.41) is 2.46. The van der Waals surface area contributed by atoms with Gasteiger partial charge in [-0.3, -0.25) is 0 Å². The molecule has 0 aromatic heterocycles. The van der Waals surface area contributed by atoms with E-state index in [0.29, 0.717) is 5.75 Å². The van der Waals surface area contributed by atoms with Crippen LogP contribution in [-0.2, 0) is 0 Å². The van der Waals surface area contributed by atoms with E-state index in [4.69, 9.17) is 17.0 Å². The predicted molar refractivity (Wildman–Crippen MR) is 95.8 cm³/mol. The van der Waals surface area contributed by atoms with Gasteiger partial charge < -0.3 is 4.74 Å². The normalized spacial score (nSPS) is 10.7. The number of rotatable bonds is 5. The first kappa shape index (κ1) is 17.3. The molecule has 120 valence electrons. The summed E-state index contributed by atoms with van der Waals surface area (Å²) in [4.78, 5) is 4.25. The first-order chi connectivity index (χ1) is 10.9. The van der Waals surface area contributed by atoms with Gasteiger partial charge in [-0.15, -0.1) is 0 Å². The summed E-state index contributed by atoms with van der Waals surface area (Å²) in [5.74, 6) is 0.900. The Labute approximate surface area is 142 Å². The van der Waals surface area contributed by atoms with E-state index in [9.17, 15) is 4.39 Å². The van der Waals surface area contributed by atoms with Crippen molar-refractivity contribution < 1.29 is 9.13 Å². The van der Waals surface area contributed by atoms with Crippen molar-refractivity contribution in [3.8, 4) is 11.5 Å². The zero-order valence-corrected chi connectivity index (χ0v) is 14.6. The molecule has 2 aromatic rings. The molecule has 4 heteroatoms. The number of hydrogen-bond donors (Lipinski definition) is 0. The lowest BCUT2D eigenvalue weighted by Crippen LogP contribution is -1.98. The van der Waals surface area contributed by atoms with E-state index in [2.05, 4.69) is 37.8 Å². The van der Waals surface area contributed by atoms with Crippen LogP contribution in [0.5, 0.6) is 11.5 Å². The van der Waals surface area contributed by atoms with Crippen molar-refractivity contribution in [3.63, 3.8) is 0 Å². The van der Waals surface area contributed by atoms with Gasteiger partial charge in [-0.05, 0) is 59.4 Å². The van der Waals surface area contributed by atoms with Crippen LogP contribution in [0, 0.1) is 5.82 Å². The number of benzene rings is 2. The van der Waals surface area contributed by atoms with Gasteiger partial charge in [-0.2, -0.15) is 4.99 Å². The van der Waals surface area contributed by atoms with E-state index in [1.54, 1.807) is 18.2 Å². The molecule has 2 rings (SSSR count). The van der Waals surface area contributed by atoms with Crippen LogP contribution < -0.4 is 4.74 Å². The first-order valence-corrected chi connectivity index (χ1v) is 8.03. The van der Waals surface area contributed by atoms with Crippen molar-refractivity contribution in [1.82, 2.24) is 0 Å². The maximum Gasteiger partial charge on any atom is 0.165 e. The summed E-state index contributed by atoms with van der Waals surface area (Å²) in [5.41, 5.74) is 2.87. The highest BCUT2D eigenvalue weighted by Crippen LogP contribution is 2.39. The van der Waals surface area contributed by atoms with Crippen LogP contribution in [0.2, 0.25) is 0 Å². The minimum Gasteiger partial charge on any atom is -0.454 e. The summed E-state index contributed by atoms with van der Waals surface area (Å²) in [7, 11) is 0. The van der Waals surface area contributed by atoms with Crippen LogP contribution in [0.25, 0.3) is 0 Å². The van der Waals surface area contributed by atoms with Gasteiger partial charge in [0.05, 0.1) is 10.8 Å². The highest BCUT2D eigenvalue weighted by Gasteiger charge is 2.17. The van der Waals surface area contributed by atoms with Crippen molar-refractivity contribution in [2.75, 3.05) is 0 Å². The molecule has 0 aliphatic heterocycles. The highest BCUT2D eigenvalue weighted by molar-refractivity contribution is 7.78. The maximum atomic E-state index is 13.8. The Balaban J connectivity index is 2.57. The molecule has 0 unspecified atom stereocenters. The third kappa shape index (κ3) is 4.04. The molecule has 0 fully saturated rings. The van der Waals surface area contributed by atoms with Crippen LogP contribution >= 0.6 is 12.2 Å². The van der Waals surface area contributed by atoms with Gasteiger partial charge in [-0.25, -0.2) is 4.39 Å². The Bertz CT molecular complexity index is 720. The molecule has 0 aliphatic carbocycles. The molecule has 0 saturated carbocycles. The van der Waals surface area contributed by atoms with E-state index >= 15 is 0 Å². The van der Waals surface area contributed by atoms with E-state index in [1.807, 2.05) is 12.1 Å². The van der Waals surface area contributed by atoms with Crippen LogP contribution in [0.4, 0.5) is 10.1 Å². The molecule has 0 radical (unpaired) electrons. The Morgan fingerprint density at radius 3 is 2.09 bits per heavy atom. The van der Waals surface area contributed by atoms with Gasteiger partial charge in [-0.1, -0.05) is 39.8 Å². The summed E-state index contributed by atoms with van der Waals surface area (Å²) in [6.45, 7) is 8.31. The number of para-hydroxylation sites is 1. The zero-order valence-electron chi connectivity index (χ0n) is 13.8. The molecule has 0 bridgehead atoms. The van der Waals surface area contributed by atoms with Crippen molar-refractivity contribution in [2.45, 2.75) is 39.5 Å². The minimum absolute atomic E-state index is 0.211. The van der Waals surface area contributed by atoms with Crippen molar-refractivity contribution in [2.24, 2.45) is 4.99 Å². The van der Waals surface area contributed by atoms with Crippen LogP contribution in [-0.4, -0.2) is 5.16 Å². The molecule has 23 heavy (non-hydrogen) atoms. The summed E-state index contributed by atoms with van der Waals surface area (Å²) in [6, 6.07) is 10.2. The topological polar surface area (TPSA) is 21.6 Å². The van der Waals surface area contributed by atoms with Crippen LogP contribution in [0.1, 0.15) is 50.7 Å². The van der Waals surface area contributed by atoms with E-state index in [0.717, 1.165) is 16.8 Å². The second kappa shape index (κ2) is 7.49. The lowest BCUT2D eigenvalue weighted by molar-refractivity contribution is 0.441. The summed E-state index contributed by atoms with van der Waals surface area (Å²) < 4.78 is 19.6. The third-order valence-electron chi connectivity index (χ3n) is 3.61. The van der Waals surface area contributed by atoms with Gasteiger partial charge in [0.1, 0.15) is 5.75 Å². The van der Waals surface area contributed by atoms with Crippen LogP contribution in [0.15, 0.2) is 41.4 Å². The van der Waals surface area contributed by atoms with Crippen molar-refractivity contribution >= 4 is 23.1 Å². The smallest absolute Gasteiger partial charge is 0.165 e. The zero-order chi connectivity index (χ0) is 17.0. The van der Waals surface area contributed by atoms with Gasteiger partial charge in [0.15, 0.2) is 11.6 Å². The van der Waals surface area contributed by atoms with Gasteiger partial charge in [0, 0.05) is 0 Å². The average Bonchev–Trinajstić information content (AvgIpc) is 2.50. The fraction of sp³-hybridized carbons (Fsp3) is 0.316. The molecule has 0 amide bonds. The third-order valence-corrected chi connectivity index (χ3v) is 3.70. The lowest BCUT2D eigenvalue weighted by Gasteiger charge is -2.18. The van der Waals surface area contributed by atoms with Crippen molar-refractivity contribution in [3.05, 3.63) is 53.3 Å². The SMILES string of the molecule is CC(C)c1cc(Oc2ccccc2F)cc(C(C)C)c1N=C=S. The standard InChI is InChI=1S/C19H20FNOS/c1-12(2)15-9-14(22-18-8-6-5-7-17(18)20)10-16(13(3)4)19(15)21-11-23/h5-10,12-13H,1-4H3. The average molecular weight is 329 g/mol. The maximum absolute atomic E-state index is 13.8. The number of aliphatic imine (C=N–C) groups is 1. The lowest BCUT2D eigenvalue weighted by atomic mass is 9.92. The molecule has 2 nitrogen and oxygen atoms in total. The number of thiocarbonyl (C=S) groups is 1. The molecular weight excluding hydrogens is 309 g/mol. The van der Waals surface area contributed by atoms with Gasteiger partial charge in [0.2, 0.25) is 0 Å². The monoisotopic (exact) mass is 329 g/mol. The number of halogens is 1. The molecule has 0 heterocycles. The Kier molecular flexibility index (Phi) is 5.64. The molecule has 0 N–H and O–H groups in total. The molecular formula is C19H20FNOS. The number of nitrogens with zero attached hydrogens (tertiary/aromatic N) is 1. The first-order valence-electron chi connectivity index (χ1n) is 7.62.